The number of hydrogen-bond donors (Lipinski definition) is 1. The van der Waals surface area contributed by atoms with E-state index in [2.05, 4.69) is 21.2 Å². The Morgan fingerprint density at radius 3 is 2.65 bits per heavy atom. The summed E-state index contributed by atoms with van der Waals surface area (Å²) in [5.41, 5.74) is 1.85. The molecule has 0 bridgehead atoms. The van der Waals surface area contributed by atoms with E-state index in [1.807, 2.05) is 25.1 Å². The number of esters is 1. The summed E-state index contributed by atoms with van der Waals surface area (Å²) >= 11 is 3.09. The maximum absolute atomic E-state index is 13.0. The van der Waals surface area contributed by atoms with Gasteiger partial charge in [-0.15, -0.1) is 0 Å². The monoisotopic (exact) mass is 379 g/mol. The Morgan fingerprint density at radius 1 is 1.22 bits per heavy atom. The first-order valence-corrected chi connectivity index (χ1v) is 7.80. The molecule has 4 nitrogen and oxygen atoms in total. The molecule has 0 saturated heterocycles. The number of para-hydroxylation sites is 1. The predicted octanol–water partition coefficient (Wildman–Crippen LogP) is 3.95. The minimum Gasteiger partial charge on any atom is -0.452 e. The van der Waals surface area contributed by atoms with Crippen molar-refractivity contribution in [3.05, 3.63) is 63.9 Å². The Morgan fingerprint density at radius 2 is 1.96 bits per heavy atom. The SMILES string of the molecule is CCc1ccccc1NC(=O)COC(=O)c1ccc(F)cc1Br. The van der Waals surface area contributed by atoms with Crippen molar-refractivity contribution in [3.8, 4) is 0 Å². The summed E-state index contributed by atoms with van der Waals surface area (Å²) in [4.78, 5) is 23.8. The van der Waals surface area contributed by atoms with Gasteiger partial charge in [-0.2, -0.15) is 0 Å². The van der Waals surface area contributed by atoms with Gasteiger partial charge >= 0.3 is 5.97 Å². The fraction of sp³-hybridized carbons (Fsp3) is 0.176. The van der Waals surface area contributed by atoms with Gasteiger partial charge in [0, 0.05) is 10.2 Å². The minimum atomic E-state index is -0.698. The van der Waals surface area contributed by atoms with Gasteiger partial charge in [-0.3, -0.25) is 4.79 Å². The maximum Gasteiger partial charge on any atom is 0.339 e. The highest BCUT2D eigenvalue weighted by atomic mass is 79.9. The Bertz CT molecular complexity index is 734. The van der Waals surface area contributed by atoms with Gasteiger partial charge in [0.2, 0.25) is 0 Å². The molecule has 6 heteroatoms. The minimum absolute atomic E-state index is 0.160. The average Bonchev–Trinajstić information content (AvgIpc) is 2.53. The second-order valence-electron chi connectivity index (χ2n) is 4.76. The van der Waals surface area contributed by atoms with E-state index in [1.54, 1.807) is 6.07 Å². The summed E-state index contributed by atoms with van der Waals surface area (Å²) in [6.07, 6.45) is 0.777. The van der Waals surface area contributed by atoms with Crippen LogP contribution in [0.15, 0.2) is 46.9 Å². The summed E-state index contributed by atoms with van der Waals surface area (Å²) in [7, 11) is 0. The zero-order chi connectivity index (χ0) is 16.8. The van der Waals surface area contributed by atoms with Crippen LogP contribution in [0.1, 0.15) is 22.8 Å². The third-order valence-corrected chi connectivity index (χ3v) is 3.81. The average molecular weight is 380 g/mol. The predicted molar refractivity (Wildman–Crippen MR) is 88.8 cm³/mol. The fourth-order valence-corrected chi connectivity index (χ4v) is 2.51. The Kier molecular flexibility index (Phi) is 5.87. The molecule has 0 unspecified atom stereocenters. The molecule has 23 heavy (non-hydrogen) atoms. The molecule has 1 amide bonds. The van der Waals surface area contributed by atoms with Gasteiger partial charge in [0.05, 0.1) is 5.56 Å². The molecule has 0 fully saturated rings. The molecule has 2 aromatic carbocycles. The smallest absolute Gasteiger partial charge is 0.339 e. The number of hydrogen-bond acceptors (Lipinski definition) is 3. The first-order valence-electron chi connectivity index (χ1n) is 7.01. The fourth-order valence-electron chi connectivity index (χ4n) is 2.00. The number of carbonyl (C=O) groups is 2. The Hall–Kier alpha value is -2.21. The lowest BCUT2D eigenvalue weighted by molar-refractivity contribution is -0.119. The molecule has 2 aromatic rings. The van der Waals surface area contributed by atoms with Gasteiger partial charge in [-0.05, 0) is 52.2 Å². The van der Waals surface area contributed by atoms with Gasteiger partial charge in [0.15, 0.2) is 6.61 Å². The van der Waals surface area contributed by atoms with Crippen molar-refractivity contribution >= 4 is 33.5 Å². The van der Waals surface area contributed by atoms with Crippen molar-refractivity contribution in [2.75, 3.05) is 11.9 Å². The summed E-state index contributed by atoms with van der Waals surface area (Å²) in [5, 5.41) is 2.70. The third kappa shape index (κ3) is 4.63. The van der Waals surface area contributed by atoms with Crippen molar-refractivity contribution in [1.82, 2.24) is 0 Å². The number of aryl methyl sites for hydroxylation is 1. The molecule has 0 heterocycles. The van der Waals surface area contributed by atoms with Crippen molar-refractivity contribution in [2.24, 2.45) is 0 Å². The Balaban J connectivity index is 1.95. The molecular weight excluding hydrogens is 365 g/mol. The first-order chi connectivity index (χ1) is 11.0. The quantitative estimate of drug-likeness (QED) is 0.800. The topological polar surface area (TPSA) is 55.4 Å². The van der Waals surface area contributed by atoms with Crippen LogP contribution in [0, 0.1) is 5.82 Å². The van der Waals surface area contributed by atoms with Crippen LogP contribution in [-0.2, 0) is 16.0 Å². The zero-order valence-corrected chi connectivity index (χ0v) is 14.0. The second kappa shape index (κ2) is 7.87. The summed E-state index contributed by atoms with van der Waals surface area (Å²) in [5.74, 6) is -1.60. The molecule has 0 aliphatic rings. The van der Waals surface area contributed by atoms with Gasteiger partial charge < -0.3 is 10.1 Å². The molecule has 0 radical (unpaired) electrons. The molecule has 1 N–H and O–H groups in total. The first kappa shape index (κ1) is 17.1. The van der Waals surface area contributed by atoms with E-state index in [1.165, 1.54) is 6.07 Å². The van der Waals surface area contributed by atoms with Gasteiger partial charge in [0.1, 0.15) is 5.82 Å². The number of anilines is 1. The zero-order valence-electron chi connectivity index (χ0n) is 12.4. The summed E-state index contributed by atoms with van der Waals surface area (Å²) < 4.78 is 18.2. The molecule has 0 aliphatic heterocycles. The van der Waals surface area contributed by atoms with Crippen molar-refractivity contribution < 1.29 is 18.7 Å². The Labute approximate surface area is 141 Å². The lowest BCUT2D eigenvalue weighted by Crippen LogP contribution is -2.21. The van der Waals surface area contributed by atoms with E-state index in [4.69, 9.17) is 4.74 Å². The maximum atomic E-state index is 13.0. The number of nitrogens with one attached hydrogen (secondary N) is 1. The van der Waals surface area contributed by atoms with Crippen molar-refractivity contribution in [1.29, 1.82) is 0 Å². The molecule has 0 aromatic heterocycles. The largest absolute Gasteiger partial charge is 0.452 e. The van der Waals surface area contributed by atoms with E-state index in [-0.39, 0.29) is 10.0 Å². The number of rotatable bonds is 5. The van der Waals surface area contributed by atoms with Gasteiger partial charge in [0.25, 0.3) is 5.91 Å². The van der Waals surface area contributed by atoms with Crippen LogP contribution in [0.2, 0.25) is 0 Å². The van der Waals surface area contributed by atoms with E-state index in [0.29, 0.717) is 5.69 Å². The highest BCUT2D eigenvalue weighted by Gasteiger charge is 2.14. The van der Waals surface area contributed by atoms with Gasteiger partial charge in [-0.25, -0.2) is 9.18 Å². The summed E-state index contributed by atoms with van der Waals surface area (Å²) in [6, 6.07) is 11.0. The number of ether oxygens (including phenoxy) is 1. The molecule has 0 aliphatic carbocycles. The molecule has 0 saturated carbocycles. The van der Waals surface area contributed by atoms with Crippen LogP contribution in [0.3, 0.4) is 0 Å². The molecule has 2 rings (SSSR count). The number of amides is 1. The second-order valence-corrected chi connectivity index (χ2v) is 5.61. The lowest BCUT2D eigenvalue weighted by atomic mass is 10.1. The number of carbonyl (C=O) groups excluding carboxylic acids is 2. The van der Waals surface area contributed by atoms with Crippen LogP contribution in [0.5, 0.6) is 0 Å². The van der Waals surface area contributed by atoms with E-state index < -0.39 is 24.3 Å². The van der Waals surface area contributed by atoms with E-state index >= 15 is 0 Å². The highest BCUT2D eigenvalue weighted by molar-refractivity contribution is 9.10. The van der Waals surface area contributed by atoms with Gasteiger partial charge in [-0.1, -0.05) is 25.1 Å². The summed E-state index contributed by atoms with van der Waals surface area (Å²) in [6.45, 7) is 1.57. The number of halogens is 2. The normalized spacial score (nSPS) is 10.2. The van der Waals surface area contributed by atoms with Crippen molar-refractivity contribution in [2.45, 2.75) is 13.3 Å². The molecule has 0 atom stereocenters. The molecular formula is C17H15BrFNO3. The van der Waals surface area contributed by atoms with Crippen molar-refractivity contribution in [3.63, 3.8) is 0 Å². The standard InChI is InChI=1S/C17H15BrFNO3/c1-2-11-5-3-4-6-15(11)20-16(21)10-23-17(22)13-8-7-12(19)9-14(13)18/h3-9H,2,10H2,1H3,(H,20,21). The van der Waals surface area contributed by atoms with Crippen LogP contribution < -0.4 is 5.32 Å². The molecule has 0 spiro atoms. The van der Waals surface area contributed by atoms with E-state index in [0.717, 1.165) is 24.1 Å². The van der Waals surface area contributed by atoms with E-state index in [9.17, 15) is 14.0 Å². The third-order valence-electron chi connectivity index (χ3n) is 3.16. The van der Waals surface area contributed by atoms with Crippen LogP contribution in [-0.4, -0.2) is 18.5 Å². The molecule has 120 valence electrons. The van der Waals surface area contributed by atoms with Crippen LogP contribution >= 0.6 is 15.9 Å². The number of benzene rings is 2. The lowest BCUT2D eigenvalue weighted by Gasteiger charge is -2.10. The highest BCUT2D eigenvalue weighted by Crippen LogP contribution is 2.19. The van der Waals surface area contributed by atoms with Crippen LogP contribution in [0.25, 0.3) is 0 Å². The van der Waals surface area contributed by atoms with Crippen LogP contribution in [0.4, 0.5) is 10.1 Å².